The number of nitrogens with zero attached hydrogens (tertiary/aromatic N) is 2. The Labute approximate surface area is 178 Å². The number of anilines is 1. The Morgan fingerprint density at radius 1 is 0.933 bits per heavy atom. The van der Waals surface area contributed by atoms with Crippen LogP contribution in [-0.4, -0.2) is 25.3 Å². The third-order valence-electron chi connectivity index (χ3n) is 4.34. The van der Waals surface area contributed by atoms with Crippen molar-refractivity contribution in [2.45, 2.75) is 33.4 Å². The second-order valence-electron chi connectivity index (χ2n) is 6.97. The maximum Gasteiger partial charge on any atom is 0.235 e. The molecule has 2 aromatic carbocycles. The van der Waals surface area contributed by atoms with Gasteiger partial charge in [-0.25, -0.2) is 8.42 Å². The first-order chi connectivity index (χ1) is 14.4. The molecular weight excluding hydrogens is 400 g/mol. The fourth-order valence-corrected chi connectivity index (χ4v) is 3.95. The molecule has 158 valence electrons. The summed E-state index contributed by atoms with van der Waals surface area (Å²) in [6, 6.07) is 18.1. The van der Waals surface area contributed by atoms with Gasteiger partial charge >= 0.3 is 0 Å². The zero-order valence-electron chi connectivity index (χ0n) is 17.4. The quantitative estimate of drug-likeness (QED) is 0.481. The van der Waals surface area contributed by atoms with Gasteiger partial charge in [-0.1, -0.05) is 12.1 Å². The fraction of sp³-hybridized carbons (Fsp3) is 0.261. The Balaban J connectivity index is 1.84. The predicted octanol–water partition coefficient (Wildman–Crippen LogP) is 5.02. The van der Waals surface area contributed by atoms with Gasteiger partial charge in [-0.2, -0.15) is 0 Å². The van der Waals surface area contributed by atoms with Crippen molar-refractivity contribution < 1.29 is 17.9 Å². The molecule has 0 atom stereocenters. The van der Waals surface area contributed by atoms with Crippen LogP contribution in [-0.2, 0) is 16.6 Å². The second kappa shape index (κ2) is 9.63. The van der Waals surface area contributed by atoms with Crippen LogP contribution in [0.4, 0.5) is 5.69 Å². The first-order valence-corrected chi connectivity index (χ1v) is 11.4. The highest BCUT2D eigenvalue weighted by atomic mass is 32.2. The van der Waals surface area contributed by atoms with E-state index in [0.29, 0.717) is 22.9 Å². The summed E-state index contributed by atoms with van der Waals surface area (Å²) in [5, 5.41) is 0. The number of sulfonamides is 1. The average molecular weight is 427 g/mol. The average Bonchev–Trinajstić information content (AvgIpc) is 2.74. The normalized spacial score (nSPS) is 11.3. The molecule has 0 saturated carbocycles. The maximum absolute atomic E-state index is 12.7. The highest BCUT2D eigenvalue weighted by Gasteiger charge is 2.21. The maximum atomic E-state index is 12.7. The number of benzene rings is 2. The Hall–Kier alpha value is -3.06. The van der Waals surface area contributed by atoms with E-state index in [-0.39, 0.29) is 18.4 Å². The molecule has 0 bridgehead atoms. The van der Waals surface area contributed by atoms with Crippen molar-refractivity contribution in [3.63, 3.8) is 0 Å². The monoisotopic (exact) mass is 426 g/mol. The summed E-state index contributed by atoms with van der Waals surface area (Å²) in [7, 11) is -3.45. The molecule has 0 aliphatic rings. The van der Waals surface area contributed by atoms with E-state index < -0.39 is 10.0 Å². The minimum atomic E-state index is -3.45. The van der Waals surface area contributed by atoms with Gasteiger partial charge in [0.05, 0.1) is 24.1 Å². The lowest BCUT2D eigenvalue weighted by Crippen LogP contribution is -2.31. The molecule has 6 nitrogen and oxygen atoms in total. The fourth-order valence-electron chi connectivity index (χ4n) is 2.85. The molecule has 1 heterocycles. The van der Waals surface area contributed by atoms with E-state index in [2.05, 4.69) is 4.98 Å². The van der Waals surface area contributed by atoms with Gasteiger partial charge in [0.2, 0.25) is 10.0 Å². The Morgan fingerprint density at radius 2 is 1.57 bits per heavy atom. The van der Waals surface area contributed by atoms with E-state index in [1.54, 1.807) is 55.7 Å². The summed E-state index contributed by atoms with van der Waals surface area (Å²) in [6.45, 7) is 5.79. The summed E-state index contributed by atoms with van der Waals surface area (Å²) in [5.74, 6) is 1.87. The van der Waals surface area contributed by atoms with Gasteiger partial charge in [-0.3, -0.25) is 9.29 Å². The smallest absolute Gasteiger partial charge is 0.235 e. The van der Waals surface area contributed by atoms with Crippen molar-refractivity contribution in [2.24, 2.45) is 0 Å². The highest BCUT2D eigenvalue weighted by Crippen LogP contribution is 2.33. The minimum absolute atomic E-state index is 0.0102. The Kier molecular flexibility index (Phi) is 6.95. The molecule has 0 N–H and O–H groups in total. The van der Waals surface area contributed by atoms with Crippen LogP contribution in [0.1, 0.15) is 26.3 Å². The molecule has 0 spiro atoms. The van der Waals surface area contributed by atoms with Gasteiger partial charge in [-0.05, 0) is 74.9 Å². The number of hydrogen-bond donors (Lipinski definition) is 0. The molecule has 0 fully saturated rings. The Morgan fingerprint density at radius 3 is 2.17 bits per heavy atom. The third-order valence-corrected chi connectivity index (χ3v) is 6.08. The third kappa shape index (κ3) is 5.51. The zero-order valence-corrected chi connectivity index (χ0v) is 18.2. The standard InChI is InChI=1S/C23H26N2O4S/c1-4-30(26,27)25(17-19-13-15-24-16-14-19)20-9-11-21(12-10-20)29-23-8-6-5-7-22(23)28-18(2)3/h5-16,18H,4,17H2,1-3H3. The molecule has 0 radical (unpaired) electrons. The van der Waals surface area contributed by atoms with Crippen molar-refractivity contribution in [1.29, 1.82) is 0 Å². The van der Waals surface area contributed by atoms with Crippen LogP contribution in [0.25, 0.3) is 0 Å². The number of pyridine rings is 1. The number of rotatable bonds is 9. The molecule has 0 saturated heterocycles. The molecule has 3 aromatic rings. The molecule has 0 unspecified atom stereocenters. The topological polar surface area (TPSA) is 68.7 Å². The van der Waals surface area contributed by atoms with Gasteiger partial charge in [0, 0.05) is 12.4 Å². The SMILES string of the molecule is CCS(=O)(=O)N(Cc1ccncc1)c1ccc(Oc2ccccc2OC(C)C)cc1. The summed E-state index contributed by atoms with van der Waals surface area (Å²) in [5.41, 5.74) is 1.44. The van der Waals surface area contributed by atoms with Crippen molar-refractivity contribution in [3.8, 4) is 17.2 Å². The largest absolute Gasteiger partial charge is 0.487 e. The van der Waals surface area contributed by atoms with Crippen LogP contribution >= 0.6 is 0 Å². The number of ether oxygens (including phenoxy) is 2. The summed E-state index contributed by atoms with van der Waals surface area (Å²) in [4.78, 5) is 3.99. The van der Waals surface area contributed by atoms with Gasteiger partial charge in [0.15, 0.2) is 11.5 Å². The molecular formula is C23H26N2O4S. The van der Waals surface area contributed by atoms with E-state index in [1.165, 1.54) is 4.31 Å². The summed E-state index contributed by atoms with van der Waals surface area (Å²) in [6.07, 6.45) is 3.33. The van der Waals surface area contributed by atoms with E-state index in [1.807, 2.05) is 38.1 Å². The van der Waals surface area contributed by atoms with Crippen molar-refractivity contribution in [3.05, 3.63) is 78.6 Å². The van der Waals surface area contributed by atoms with Crippen molar-refractivity contribution >= 4 is 15.7 Å². The van der Waals surface area contributed by atoms with Crippen LogP contribution < -0.4 is 13.8 Å². The van der Waals surface area contributed by atoms with Gasteiger partial charge in [0.1, 0.15) is 5.75 Å². The first kappa shape index (κ1) is 21.6. The van der Waals surface area contributed by atoms with Gasteiger partial charge < -0.3 is 9.47 Å². The lowest BCUT2D eigenvalue weighted by molar-refractivity contribution is 0.233. The van der Waals surface area contributed by atoms with Crippen LogP contribution in [0.3, 0.4) is 0 Å². The minimum Gasteiger partial charge on any atom is -0.487 e. The molecule has 30 heavy (non-hydrogen) atoms. The summed E-state index contributed by atoms with van der Waals surface area (Å²) < 4.78 is 38.5. The number of para-hydroxylation sites is 2. The van der Waals surface area contributed by atoms with Crippen molar-refractivity contribution in [1.82, 2.24) is 4.98 Å². The number of aromatic nitrogens is 1. The highest BCUT2D eigenvalue weighted by molar-refractivity contribution is 7.92. The molecule has 7 heteroatoms. The second-order valence-corrected chi connectivity index (χ2v) is 9.15. The van der Waals surface area contributed by atoms with Crippen LogP contribution in [0.15, 0.2) is 73.1 Å². The molecule has 0 aliphatic heterocycles. The Bertz CT molecular complexity index is 1050. The van der Waals surface area contributed by atoms with Crippen LogP contribution in [0, 0.1) is 0 Å². The zero-order chi connectivity index (χ0) is 21.6. The molecule has 0 amide bonds. The van der Waals surface area contributed by atoms with E-state index >= 15 is 0 Å². The molecule has 1 aromatic heterocycles. The lowest BCUT2D eigenvalue weighted by atomic mass is 10.2. The number of hydrogen-bond acceptors (Lipinski definition) is 5. The van der Waals surface area contributed by atoms with E-state index in [9.17, 15) is 8.42 Å². The first-order valence-electron chi connectivity index (χ1n) is 9.82. The van der Waals surface area contributed by atoms with Crippen molar-refractivity contribution in [2.75, 3.05) is 10.1 Å². The predicted molar refractivity (Wildman–Crippen MR) is 119 cm³/mol. The van der Waals surface area contributed by atoms with E-state index in [0.717, 1.165) is 5.56 Å². The van der Waals surface area contributed by atoms with E-state index in [4.69, 9.17) is 9.47 Å². The van der Waals surface area contributed by atoms with Gasteiger partial charge in [0.25, 0.3) is 0 Å². The van der Waals surface area contributed by atoms with Crippen LogP contribution in [0.2, 0.25) is 0 Å². The van der Waals surface area contributed by atoms with Crippen LogP contribution in [0.5, 0.6) is 17.2 Å². The summed E-state index contributed by atoms with van der Waals surface area (Å²) >= 11 is 0. The van der Waals surface area contributed by atoms with Gasteiger partial charge in [-0.15, -0.1) is 0 Å². The molecule has 0 aliphatic carbocycles. The molecule has 3 rings (SSSR count). The lowest BCUT2D eigenvalue weighted by Gasteiger charge is -2.24.